The molecule has 0 aliphatic carbocycles. The lowest BCUT2D eigenvalue weighted by atomic mass is 10.2. The topological polar surface area (TPSA) is 76.3 Å². The van der Waals surface area contributed by atoms with E-state index in [9.17, 15) is 4.79 Å². The first-order valence-electron chi connectivity index (χ1n) is 8.76. The molecule has 1 aliphatic heterocycles. The number of amides is 1. The Bertz CT molecular complexity index is 1070. The van der Waals surface area contributed by atoms with Gasteiger partial charge in [0.25, 0.3) is 0 Å². The van der Waals surface area contributed by atoms with Crippen LogP contribution in [0.2, 0.25) is 0 Å². The number of hydrogen-bond acceptors (Lipinski definition) is 6. The van der Waals surface area contributed by atoms with E-state index in [-0.39, 0.29) is 6.61 Å². The predicted octanol–water partition coefficient (Wildman–Crippen LogP) is 2.38. The van der Waals surface area contributed by atoms with Crippen LogP contribution in [0.5, 0.6) is 5.75 Å². The fraction of sp³-hybridized carbons (Fsp3) is 0.143. The molecule has 0 saturated heterocycles. The fourth-order valence-electron chi connectivity index (χ4n) is 2.92. The number of furan rings is 1. The van der Waals surface area contributed by atoms with Crippen molar-refractivity contribution in [3.8, 4) is 5.75 Å². The van der Waals surface area contributed by atoms with Crippen LogP contribution in [-0.4, -0.2) is 19.9 Å². The van der Waals surface area contributed by atoms with Crippen molar-refractivity contribution in [3.63, 3.8) is 0 Å². The van der Waals surface area contributed by atoms with Gasteiger partial charge in [0.2, 0.25) is 5.55 Å². The average molecular weight is 377 g/mol. The van der Waals surface area contributed by atoms with Gasteiger partial charge in [-0.05, 0) is 35.9 Å². The van der Waals surface area contributed by atoms with E-state index in [0.717, 1.165) is 17.0 Å². The lowest BCUT2D eigenvalue weighted by Crippen LogP contribution is -2.46. The van der Waals surface area contributed by atoms with Crippen molar-refractivity contribution in [3.05, 3.63) is 83.3 Å². The molecule has 1 aliphatic rings. The molecule has 142 valence electrons. The minimum atomic E-state index is -0.550. The third kappa shape index (κ3) is 3.68. The summed E-state index contributed by atoms with van der Waals surface area (Å²) in [6.07, 6.45) is 0.995. The Hall–Kier alpha value is -3.74. The van der Waals surface area contributed by atoms with Gasteiger partial charge < -0.3 is 18.8 Å². The summed E-state index contributed by atoms with van der Waals surface area (Å²) >= 11 is 0. The van der Waals surface area contributed by atoms with Crippen molar-refractivity contribution in [2.45, 2.75) is 6.61 Å². The molecule has 0 bridgehead atoms. The Morgan fingerprint density at radius 3 is 2.68 bits per heavy atom. The van der Waals surface area contributed by atoms with Crippen LogP contribution in [0.3, 0.4) is 0 Å². The maximum atomic E-state index is 12.4. The van der Waals surface area contributed by atoms with E-state index in [1.54, 1.807) is 19.4 Å². The molecule has 1 N–H and O–H groups in total. The van der Waals surface area contributed by atoms with Crippen LogP contribution in [0.1, 0.15) is 5.56 Å². The van der Waals surface area contributed by atoms with E-state index in [0.29, 0.717) is 23.3 Å². The van der Waals surface area contributed by atoms with Gasteiger partial charge in [0.15, 0.2) is 0 Å². The molecule has 0 spiro atoms. The average Bonchev–Trinajstić information content (AvgIpc) is 3.23. The number of methoxy groups -OCH3 is 1. The van der Waals surface area contributed by atoms with E-state index in [4.69, 9.17) is 13.9 Å². The predicted molar refractivity (Wildman–Crippen MR) is 103 cm³/mol. The quantitative estimate of drug-likeness (QED) is 0.739. The number of rotatable bonds is 5. The van der Waals surface area contributed by atoms with Gasteiger partial charge in [-0.3, -0.25) is 5.32 Å². The summed E-state index contributed by atoms with van der Waals surface area (Å²) < 4.78 is 16.0. The Balaban J connectivity index is 1.58. The molecule has 1 aromatic heterocycles. The third-order valence-electron chi connectivity index (χ3n) is 4.34. The van der Waals surface area contributed by atoms with Crippen molar-refractivity contribution in [2.24, 2.45) is 4.99 Å². The minimum Gasteiger partial charge on any atom is -0.497 e. The van der Waals surface area contributed by atoms with Crippen LogP contribution in [0.4, 0.5) is 10.5 Å². The molecular formula is C21H19N3O4. The maximum absolute atomic E-state index is 12.4. The molecule has 7 heteroatoms. The molecule has 0 saturated carbocycles. The van der Waals surface area contributed by atoms with Gasteiger partial charge in [0.1, 0.15) is 24.8 Å². The SMILES string of the molecule is COc1ccc(N2CN=c3occc3=C2NC(=O)OCc2ccccc2)cc1. The summed E-state index contributed by atoms with van der Waals surface area (Å²) in [5, 5.41) is 3.53. The van der Waals surface area contributed by atoms with Crippen LogP contribution in [0, 0.1) is 0 Å². The van der Waals surface area contributed by atoms with Crippen molar-refractivity contribution in [1.29, 1.82) is 0 Å². The molecular weight excluding hydrogens is 358 g/mol. The molecule has 2 aromatic carbocycles. The summed E-state index contributed by atoms with van der Waals surface area (Å²) in [5.41, 5.74) is 2.25. The van der Waals surface area contributed by atoms with Gasteiger partial charge in [0, 0.05) is 5.69 Å². The van der Waals surface area contributed by atoms with Crippen LogP contribution in [0.25, 0.3) is 5.82 Å². The van der Waals surface area contributed by atoms with Crippen molar-refractivity contribution < 1.29 is 18.7 Å². The second-order valence-corrected chi connectivity index (χ2v) is 6.10. The molecule has 2 heterocycles. The summed E-state index contributed by atoms with van der Waals surface area (Å²) in [6.45, 7) is 0.492. The number of hydrogen-bond donors (Lipinski definition) is 1. The molecule has 0 unspecified atom stereocenters. The highest BCUT2D eigenvalue weighted by atomic mass is 16.5. The number of carbonyl (C=O) groups excluding carboxylic acids is 1. The monoisotopic (exact) mass is 377 g/mol. The zero-order chi connectivity index (χ0) is 19.3. The number of alkyl carbamates (subject to hydrolysis) is 1. The second-order valence-electron chi connectivity index (χ2n) is 6.10. The van der Waals surface area contributed by atoms with E-state index < -0.39 is 6.09 Å². The van der Waals surface area contributed by atoms with E-state index in [1.807, 2.05) is 59.5 Å². The molecule has 0 fully saturated rings. The van der Waals surface area contributed by atoms with Crippen molar-refractivity contribution in [2.75, 3.05) is 18.7 Å². The molecule has 4 rings (SSSR count). The van der Waals surface area contributed by atoms with Gasteiger partial charge in [-0.15, -0.1) is 0 Å². The minimum absolute atomic E-state index is 0.186. The number of nitrogens with zero attached hydrogens (tertiary/aromatic N) is 2. The van der Waals surface area contributed by atoms with Crippen LogP contribution >= 0.6 is 0 Å². The van der Waals surface area contributed by atoms with Crippen molar-refractivity contribution in [1.82, 2.24) is 5.32 Å². The normalized spacial score (nSPS) is 12.8. The van der Waals surface area contributed by atoms with Crippen LogP contribution in [-0.2, 0) is 11.3 Å². The molecule has 1 amide bonds. The first kappa shape index (κ1) is 17.7. The Labute approximate surface area is 161 Å². The number of fused-ring (bicyclic) bond motifs is 1. The highest BCUT2D eigenvalue weighted by Crippen LogP contribution is 2.22. The van der Waals surface area contributed by atoms with Gasteiger partial charge in [0.05, 0.1) is 18.6 Å². The third-order valence-corrected chi connectivity index (χ3v) is 4.34. The summed E-state index contributed by atoms with van der Waals surface area (Å²) in [5.74, 6) is 1.31. The largest absolute Gasteiger partial charge is 0.497 e. The van der Waals surface area contributed by atoms with Gasteiger partial charge >= 0.3 is 6.09 Å². The maximum Gasteiger partial charge on any atom is 0.413 e. The van der Waals surface area contributed by atoms with E-state index in [2.05, 4.69) is 10.3 Å². The van der Waals surface area contributed by atoms with Crippen molar-refractivity contribution >= 4 is 17.6 Å². The van der Waals surface area contributed by atoms with E-state index in [1.165, 1.54) is 0 Å². The second kappa shape index (κ2) is 7.87. The van der Waals surface area contributed by atoms with Crippen LogP contribution in [0.15, 0.2) is 76.3 Å². The zero-order valence-corrected chi connectivity index (χ0v) is 15.3. The highest BCUT2D eigenvalue weighted by molar-refractivity contribution is 5.81. The molecule has 7 nitrogen and oxygen atoms in total. The fourth-order valence-corrected chi connectivity index (χ4v) is 2.92. The zero-order valence-electron chi connectivity index (χ0n) is 15.3. The summed E-state index contributed by atoms with van der Waals surface area (Å²) in [4.78, 5) is 18.7. The van der Waals surface area contributed by atoms with Gasteiger partial charge in [-0.25, -0.2) is 9.79 Å². The number of carbonyl (C=O) groups is 1. The Morgan fingerprint density at radius 1 is 1.14 bits per heavy atom. The number of benzene rings is 2. The smallest absolute Gasteiger partial charge is 0.413 e. The molecule has 0 atom stereocenters. The van der Waals surface area contributed by atoms with Crippen LogP contribution < -0.4 is 25.7 Å². The lowest BCUT2D eigenvalue weighted by Gasteiger charge is -2.27. The number of anilines is 1. The lowest BCUT2D eigenvalue weighted by molar-refractivity contribution is 0.144. The molecule has 0 radical (unpaired) electrons. The highest BCUT2D eigenvalue weighted by Gasteiger charge is 2.21. The van der Waals surface area contributed by atoms with Gasteiger partial charge in [-0.1, -0.05) is 30.3 Å². The molecule has 3 aromatic rings. The summed E-state index contributed by atoms with van der Waals surface area (Å²) in [7, 11) is 1.62. The number of ether oxygens (including phenoxy) is 2. The Kier molecular flexibility index (Phi) is 4.97. The molecule has 28 heavy (non-hydrogen) atoms. The van der Waals surface area contributed by atoms with Gasteiger partial charge in [-0.2, -0.15) is 0 Å². The summed E-state index contributed by atoms with van der Waals surface area (Å²) in [6, 6.07) is 18.8. The Morgan fingerprint density at radius 2 is 1.93 bits per heavy atom. The first-order valence-corrected chi connectivity index (χ1v) is 8.76. The first-order chi connectivity index (χ1) is 13.7. The van der Waals surface area contributed by atoms with E-state index >= 15 is 0 Å². The number of nitrogens with one attached hydrogen (secondary N) is 1. The standard InChI is InChI=1S/C21H19N3O4/c1-26-17-9-7-16(8-10-17)24-14-22-20-18(11-12-27-20)19(24)23-21(25)28-13-15-5-3-2-4-6-15/h2-12H,13-14H2,1H3,(H,23,25).